The largest absolute Gasteiger partial charge is 0.397 e. The molecular formula is C6H17NO3Si. The molecule has 0 aromatic carbocycles. The highest BCUT2D eigenvalue weighted by atomic mass is 28.2. The van der Waals surface area contributed by atoms with Gasteiger partial charge in [-0.3, -0.25) is 0 Å². The quantitative estimate of drug-likeness (QED) is 0.387. The summed E-state index contributed by atoms with van der Waals surface area (Å²) < 4.78 is 2.05. The molecule has 11 heavy (non-hydrogen) atoms. The molecule has 0 aromatic heterocycles. The molecular weight excluding hydrogens is 162 g/mol. The van der Waals surface area contributed by atoms with Gasteiger partial charge in [0.05, 0.1) is 22.9 Å². The standard InChI is InChI=1S/C6H17NO3Si/c8-3-1-7(2-4-9)11-6-5-10/h8-10H,1-6,11H2. The van der Waals surface area contributed by atoms with Crippen LogP contribution < -0.4 is 0 Å². The predicted molar refractivity (Wildman–Crippen MR) is 46.2 cm³/mol. The Hall–Kier alpha value is 0.0569. The van der Waals surface area contributed by atoms with Crippen LogP contribution in [0.1, 0.15) is 0 Å². The van der Waals surface area contributed by atoms with Gasteiger partial charge in [-0.2, -0.15) is 0 Å². The number of aliphatic hydroxyl groups is 3. The molecule has 0 aliphatic carbocycles. The molecule has 0 heterocycles. The van der Waals surface area contributed by atoms with Gasteiger partial charge in [-0.25, -0.2) is 0 Å². The van der Waals surface area contributed by atoms with Crippen molar-refractivity contribution in [3.63, 3.8) is 0 Å². The molecule has 0 saturated heterocycles. The first-order chi connectivity index (χ1) is 5.35. The highest BCUT2D eigenvalue weighted by Crippen LogP contribution is 1.87. The topological polar surface area (TPSA) is 63.9 Å². The summed E-state index contributed by atoms with van der Waals surface area (Å²) in [7, 11) is -0.433. The molecule has 68 valence electrons. The lowest BCUT2D eigenvalue weighted by Gasteiger charge is -2.18. The van der Waals surface area contributed by atoms with E-state index < -0.39 is 9.68 Å². The summed E-state index contributed by atoms with van der Waals surface area (Å²) in [5.41, 5.74) is 0. The first kappa shape index (κ1) is 11.1. The molecule has 0 bridgehead atoms. The van der Waals surface area contributed by atoms with E-state index in [4.69, 9.17) is 15.3 Å². The maximum Gasteiger partial charge on any atom is 0.0975 e. The third-order valence-electron chi connectivity index (χ3n) is 1.46. The Bertz CT molecular complexity index is 78.2. The number of hydrogen-bond acceptors (Lipinski definition) is 4. The highest BCUT2D eigenvalue weighted by Gasteiger charge is 2.01. The fraction of sp³-hybridized carbons (Fsp3) is 1.00. The van der Waals surface area contributed by atoms with Crippen molar-refractivity contribution in [1.29, 1.82) is 0 Å². The summed E-state index contributed by atoms with van der Waals surface area (Å²) in [6.07, 6.45) is 0. The fourth-order valence-electron chi connectivity index (χ4n) is 0.913. The minimum absolute atomic E-state index is 0.137. The summed E-state index contributed by atoms with van der Waals surface area (Å²) in [4.78, 5) is 0. The molecule has 0 radical (unpaired) electrons. The average Bonchev–Trinajstić information content (AvgIpc) is 2.01. The van der Waals surface area contributed by atoms with Gasteiger partial charge in [-0.15, -0.1) is 0 Å². The van der Waals surface area contributed by atoms with Crippen molar-refractivity contribution in [2.24, 2.45) is 0 Å². The second kappa shape index (κ2) is 8.16. The van der Waals surface area contributed by atoms with Gasteiger partial charge in [-0.1, -0.05) is 0 Å². The summed E-state index contributed by atoms with van der Waals surface area (Å²) in [5.74, 6) is 0. The van der Waals surface area contributed by atoms with Gasteiger partial charge in [0, 0.05) is 19.7 Å². The summed E-state index contributed by atoms with van der Waals surface area (Å²) >= 11 is 0. The van der Waals surface area contributed by atoms with Gasteiger partial charge in [0.15, 0.2) is 0 Å². The molecule has 0 fully saturated rings. The molecule has 0 amide bonds. The van der Waals surface area contributed by atoms with Crippen LogP contribution in [0.3, 0.4) is 0 Å². The summed E-state index contributed by atoms with van der Waals surface area (Å²) in [5, 5.41) is 25.7. The first-order valence-corrected chi connectivity index (χ1v) is 5.53. The Morgan fingerprint density at radius 2 is 1.45 bits per heavy atom. The molecule has 0 rings (SSSR count). The fourth-order valence-corrected chi connectivity index (χ4v) is 2.23. The van der Waals surface area contributed by atoms with Gasteiger partial charge in [0.25, 0.3) is 0 Å². The minimum Gasteiger partial charge on any atom is -0.397 e. The zero-order valence-electron chi connectivity index (χ0n) is 6.74. The van der Waals surface area contributed by atoms with Crippen LogP contribution in [0.25, 0.3) is 0 Å². The molecule has 0 atom stereocenters. The molecule has 0 aliphatic rings. The predicted octanol–water partition coefficient (Wildman–Crippen LogP) is -2.23. The molecule has 0 saturated carbocycles. The zero-order valence-corrected chi connectivity index (χ0v) is 8.15. The summed E-state index contributed by atoms with van der Waals surface area (Å²) in [6, 6.07) is 0.833. The Balaban J connectivity index is 3.34. The van der Waals surface area contributed by atoms with Crippen molar-refractivity contribution in [1.82, 2.24) is 4.57 Å². The van der Waals surface area contributed by atoms with Gasteiger partial charge in [-0.05, 0) is 6.04 Å². The number of nitrogens with zero attached hydrogens (tertiary/aromatic N) is 1. The molecule has 5 heteroatoms. The van der Waals surface area contributed by atoms with E-state index in [-0.39, 0.29) is 19.8 Å². The molecule has 4 nitrogen and oxygen atoms in total. The normalized spacial score (nSPS) is 12.0. The van der Waals surface area contributed by atoms with Crippen molar-refractivity contribution in [3.8, 4) is 0 Å². The van der Waals surface area contributed by atoms with Gasteiger partial charge < -0.3 is 19.9 Å². The molecule has 3 N–H and O–H groups in total. The van der Waals surface area contributed by atoms with E-state index in [0.29, 0.717) is 13.1 Å². The van der Waals surface area contributed by atoms with E-state index >= 15 is 0 Å². The molecule has 0 aliphatic heterocycles. The molecule has 0 aromatic rings. The van der Waals surface area contributed by atoms with Crippen molar-refractivity contribution in [2.45, 2.75) is 6.04 Å². The second-order valence-corrected chi connectivity index (χ2v) is 4.41. The number of rotatable bonds is 7. The summed E-state index contributed by atoms with van der Waals surface area (Å²) in [6.45, 7) is 1.76. The SMILES string of the molecule is OCC[SiH2]N(CCO)CCO. The second-order valence-electron chi connectivity index (χ2n) is 2.37. The monoisotopic (exact) mass is 179 g/mol. The third kappa shape index (κ3) is 6.45. The van der Waals surface area contributed by atoms with Crippen LogP contribution in [0.5, 0.6) is 0 Å². The number of aliphatic hydroxyl groups excluding tert-OH is 3. The van der Waals surface area contributed by atoms with Crippen LogP contribution in [0.15, 0.2) is 0 Å². The minimum atomic E-state index is -0.433. The number of hydrogen-bond donors (Lipinski definition) is 3. The molecule has 0 spiro atoms. The first-order valence-electron chi connectivity index (χ1n) is 3.90. The van der Waals surface area contributed by atoms with E-state index in [0.717, 1.165) is 6.04 Å². The lowest BCUT2D eigenvalue weighted by atomic mass is 10.6. The smallest absolute Gasteiger partial charge is 0.0975 e. The van der Waals surface area contributed by atoms with Gasteiger partial charge in [0.2, 0.25) is 0 Å². The Morgan fingerprint density at radius 1 is 0.909 bits per heavy atom. The van der Waals surface area contributed by atoms with Crippen molar-refractivity contribution >= 4 is 9.68 Å². The van der Waals surface area contributed by atoms with Crippen LogP contribution in [0.4, 0.5) is 0 Å². The third-order valence-corrected chi connectivity index (χ3v) is 3.36. The van der Waals surface area contributed by atoms with Crippen molar-refractivity contribution in [2.75, 3.05) is 32.9 Å². The van der Waals surface area contributed by atoms with Crippen LogP contribution in [-0.4, -0.2) is 62.5 Å². The Kier molecular flexibility index (Phi) is 8.20. The van der Waals surface area contributed by atoms with Crippen molar-refractivity contribution < 1.29 is 15.3 Å². The van der Waals surface area contributed by atoms with Crippen molar-refractivity contribution in [3.05, 3.63) is 0 Å². The lowest BCUT2D eigenvalue weighted by molar-refractivity contribution is 0.217. The average molecular weight is 179 g/mol. The lowest BCUT2D eigenvalue weighted by Crippen LogP contribution is -2.33. The molecule has 0 unspecified atom stereocenters. The van der Waals surface area contributed by atoms with E-state index in [1.165, 1.54) is 0 Å². The maximum atomic E-state index is 8.60. The maximum absolute atomic E-state index is 8.60. The van der Waals surface area contributed by atoms with Crippen LogP contribution in [-0.2, 0) is 0 Å². The van der Waals surface area contributed by atoms with Gasteiger partial charge >= 0.3 is 0 Å². The van der Waals surface area contributed by atoms with Gasteiger partial charge in [0.1, 0.15) is 0 Å². The van der Waals surface area contributed by atoms with Crippen LogP contribution >= 0.6 is 0 Å². The zero-order chi connectivity index (χ0) is 8.53. The Labute approximate surface area is 69.4 Å². The van der Waals surface area contributed by atoms with E-state index in [9.17, 15) is 0 Å². The van der Waals surface area contributed by atoms with Crippen LogP contribution in [0, 0.1) is 0 Å². The Morgan fingerprint density at radius 3 is 1.82 bits per heavy atom. The highest BCUT2D eigenvalue weighted by molar-refractivity contribution is 6.31. The van der Waals surface area contributed by atoms with Crippen LogP contribution in [0.2, 0.25) is 6.04 Å². The van der Waals surface area contributed by atoms with E-state index in [1.54, 1.807) is 0 Å². The van der Waals surface area contributed by atoms with E-state index in [2.05, 4.69) is 4.57 Å². The van der Waals surface area contributed by atoms with E-state index in [1.807, 2.05) is 0 Å².